The van der Waals surface area contributed by atoms with E-state index in [-0.39, 0.29) is 25.7 Å². The first-order valence-electron chi connectivity index (χ1n) is 34.9. The van der Waals surface area contributed by atoms with Gasteiger partial charge in [0.25, 0.3) is 0 Å². The Bertz CT molecular complexity index is 1700. The summed E-state index contributed by atoms with van der Waals surface area (Å²) in [7, 11) is -9.89. The highest BCUT2D eigenvalue weighted by Gasteiger charge is 2.30. The normalized spacial score (nSPS) is 14.6. The monoisotopic (exact) mass is 1270 g/mol. The van der Waals surface area contributed by atoms with Crippen LogP contribution in [0.4, 0.5) is 0 Å². The molecule has 3 N–H and O–H groups in total. The van der Waals surface area contributed by atoms with Gasteiger partial charge in [-0.2, -0.15) is 0 Å². The standard InChI is InChI=1S/C67H130O17P2/c1-8-10-11-12-13-14-15-19-22-25-34-41-48-64(69)77-54-62(83-66(71)50-43-36-26-23-20-17-16-18-21-24-31-38-45-58(3)4)56-81-85(73,74)79-52-61(68)53-80-86(75,76)82-57-63(55-78-65(70)49-42-35-29-27-32-39-46-59(5)6)84-67(72)51-44-37-30-28-33-40-47-60(7)9-2/h58-63,68H,8-57H2,1-7H3,(H,73,74)(H,75,76)/t60?,61-,62-,63-/m1/s1. The smallest absolute Gasteiger partial charge is 0.462 e. The first-order valence-corrected chi connectivity index (χ1v) is 37.9. The molecule has 0 aromatic rings. The highest BCUT2D eigenvalue weighted by atomic mass is 31.2. The molecule has 0 aromatic carbocycles. The zero-order valence-corrected chi connectivity index (χ0v) is 57.6. The van der Waals surface area contributed by atoms with E-state index in [0.717, 1.165) is 108 Å². The van der Waals surface area contributed by atoms with Crippen LogP contribution in [0.5, 0.6) is 0 Å². The van der Waals surface area contributed by atoms with Gasteiger partial charge in [0.05, 0.1) is 26.4 Å². The topological polar surface area (TPSA) is 237 Å². The quantitative estimate of drug-likeness (QED) is 0.0222. The predicted molar refractivity (Wildman–Crippen MR) is 344 cm³/mol. The van der Waals surface area contributed by atoms with E-state index in [9.17, 15) is 43.2 Å². The third kappa shape index (κ3) is 59.7. The number of carbonyl (C=O) groups excluding carboxylic acids is 4. The van der Waals surface area contributed by atoms with Gasteiger partial charge in [-0.1, -0.05) is 280 Å². The molecule has 0 saturated heterocycles. The van der Waals surface area contributed by atoms with Gasteiger partial charge in [0.15, 0.2) is 12.2 Å². The Morgan fingerprint density at radius 3 is 0.884 bits per heavy atom. The van der Waals surface area contributed by atoms with Crippen molar-refractivity contribution < 1.29 is 80.2 Å². The van der Waals surface area contributed by atoms with E-state index in [2.05, 4.69) is 48.5 Å². The van der Waals surface area contributed by atoms with Gasteiger partial charge in [-0.25, -0.2) is 9.13 Å². The van der Waals surface area contributed by atoms with Crippen molar-refractivity contribution in [3.05, 3.63) is 0 Å². The molecule has 0 heterocycles. The summed E-state index contributed by atoms with van der Waals surface area (Å²) in [5, 5.41) is 10.6. The molecule has 6 atom stereocenters. The Morgan fingerprint density at radius 1 is 0.337 bits per heavy atom. The third-order valence-electron chi connectivity index (χ3n) is 15.7. The average molecular weight is 1270 g/mol. The van der Waals surface area contributed by atoms with Crippen molar-refractivity contribution in [2.24, 2.45) is 17.8 Å². The Morgan fingerprint density at radius 2 is 0.593 bits per heavy atom. The molecular weight excluding hydrogens is 1140 g/mol. The van der Waals surface area contributed by atoms with Crippen LogP contribution < -0.4 is 0 Å². The first kappa shape index (κ1) is 84.1. The molecule has 0 aliphatic rings. The summed E-state index contributed by atoms with van der Waals surface area (Å²) in [5.74, 6) is 0.0420. The lowest BCUT2D eigenvalue weighted by Crippen LogP contribution is -2.30. The van der Waals surface area contributed by atoms with Crippen LogP contribution >= 0.6 is 15.6 Å². The molecule has 0 rings (SSSR count). The van der Waals surface area contributed by atoms with E-state index in [1.165, 1.54) is 135 Å². The van der Waals surface area contributed by atoms with Crippen LogP contribution in [-0.2, 0) is 65.4 Å². The molecule has 3 unspecified atom stereocenters. The van der Waals surface area contributed by atoms with Crippen LogP contribution in [0.25, 0.3) is 0 Å². The summed E-state index contributed by atoms with van der Waals surface area (Å²) in [6.07, 6.45) is 40.4. The summed E-state index contributed by atoms with van der Waals surface area (Å²) in [5.41, 5.74) is 0. The van der Waals surface area contributed by atoms with E-state index in [4.69, 9.17) is 37.0 Å². The van der Waals surface area contributed by atoms with E-state index >= 15 is 0 Å². The van der Waals surface area contributed by atoms with Crippen molar-refractivity contribution in [1.82, 2.24) is 0 Å². The fourth-order valence-electron chi connectivity index (χ4n) is 9.98. The van der Waals surface area contributed by atoms with E-state index in [1.807, 2.05) is 0 Å². The number of phosphoric acid groups is 2. The van der Waals surface area contributed by atoms with E-state index in [0.29, 0.717) is 31.6 Å². The summed E-state index contributed by atoms with van der Waals surface area (Å²) in [4.78, 5) is 72.3. The number of hydrogen-bond donors (Lipinski definition) is 3. The fourth-order valence-corrected chi connectivity index (χ4v) is 11.6. The van der Waals surface area contributed by atoms with Crippen molar-refractivity contribution in [2.45, 2.75) is 349 Å². The van der Waals surface area contributed by atoms with Gasteiger partial charge in [0, 0.05) is 25.7 Å². The van der Waals surface area contributed by atoms with Crippen LogP contribution in [0.3, 0.4) is 0 Å². The molecule has 19 heteroatoms. The van der Waals surface area contributed by atoms with Crippen molar-refractivity contribution in [3.8, 4) is 0 Å². The molecule has 0 amide bonds. The van der Waals surface area contributed by atoms with Gasteiger partial charge in [0.2, 0.25) is 0 Å². The average Bonchev–Trinajstić information content (AvgIpc) is 3.68. The minimum absolute atomic E-state index is 0.102. The van der Waals surface area contributed by atoms with Crippen LogP contribution in [-0.4, -0.2) is 96.7 Å². The second-order valence-corrected chi connectivity index (χ2v) is 28.3. The SMILES string of the molecule is CCCCCCCCCCCCCCC(=O)OC[C@H](COP(=O)(O)OC[C@@H](O)COP(=O)(O)OC[C@@H](COC(=O)CCCCCCCCC(C)C)OC(=O)CCCCCCCCC(C)CC)OC(=O)CCCCCCCCCCCCCCC(C)C. The fraction of sp³-hybridized carbons (Fsp3) is 0.940. The van der Waals surface area contributed by atoms with Gasteiger partial charge in [0.1, 0.15) is 19.3 Å². The number of rotatable bonds is 65. The number of ether oxygens (including phenoxy) is 4. The Hall–Kier alpha value is -1.94. The molecule has 0 aromatic heterocycles. The molecule has 17 nitrogen and oxygen atoms in total. The molecule has 0 spiro atoms. The minimum Gasteiger partial charge on any atom is -0.462 e. The minimum atomic E-state index is -4.95. The number of hydrogen-bond acceptors (Lipinski definition) is 15. The third-order valence-corrected chi connectivity index (χ3v) is 17.6. The van der Waals surface area contributed by atoms with Gasteiger partial charge >= 0.3 is 39.5 Å². The number of esters is 4. The van der Waals surface area contributed by atoms with E-state index in [1.54, 1.807) is 0 Å². The van der Waals surface area contributed by atoms with Crippen LogP contribution in [0.1, 0.15) is 331 Å². The Kier molecular flexibility index (Phi) is 56.9. The maximum atomic E-state index is 13.0. The molecule has 0 aliphatic heterocycles. The highest BCUT2D eigenvalue weighted by Crippen LogP contribution is 2.45. The zero-order chi connectivity index (χ0) is 63.8. The predicted octanol–water partition coefficient (Wildman–Crippen LogP) is 18.7. The molecular formula is C67H130O17P2. The number of aliphatic hydroxyl groups excluding tert-OH is 1. The number of aliphatic hydroxyl groups is 1. The van der Waals surface area contributed by atoms with Gasteiger partial charge in [-0.15, -0.1) is 0 Å². The van der Waals surface area contributed by atoms with Crippen molar-refractivity contribution in [2.75, 3.05) is 39.6 Å². The highest BCUT2D eigenvalue weighted by molar-refractivity contribution is 7.47. The lowest BCUT2D eigenvalue weighted by Gasteiger charge is -2.21. The van der Waals surface area contributed by atoms with Crippen LogP contribution in [0.15, 0.2) is 0 Å². The van der Waals surface area contributed by atoms with Crippen molar-refractivity contribution in [1.29, 1.82) is 0 Å². The number of unbranched alkanes of at least 4 members (excludes halogenated alkanes) is 32. The Balaban J connectivity index is 5.24. The largest absolute Gasteiger partial charge is 0.472 e. The van der Waals surface area contributed by atoms with Gasteiger partial charge in [-0.3, -0.25) is 37.3 Å². The van der Waals surface area contributed by atoms with E-state index < -0.39 is 97.5 Å². The van der Waals surface area contributed by atoms with Gasteiger partial charge in [-0.05, 0) is 43.4 Å². The summed E-state index contributed by atoms with van der Waals surface area (Å²) < 4.78 is 68.1. The first-order chi connectivity index (χ1) is 41.3. The molecule has 0 aliphatic carbocycles. The number of carbonyl (C=O) groups is 4. The summed E-state index contributed by atoms with van der Waals surface area (Å²) in [6, 6.07) is 0. The molecule has 0 radical (unpaired) electrons. The lowest BCUT2D eigenvalue weighted by molar-refractivity contribution is -0.161. The molecule has 510 valence electrons. The zero-order valence-electron chi connectivity index (χ0n) is 55.8. The maximum absolute atomic E-state index is 13.0. The summed E-state index contributed by atoms with van der Waals surface area (Å²) >= 11 is 0. The lowest BCUT2D eigenvalue weighted by atomic mass is 10.00. The molecule has 0 bridgehead atoms. The van der Waals surface area contributed by atoms with Crippen molar-refractivity contribution >= 4 is 39.5 Å². The second-order valence-electron chi connectivity index (χ2n) is 25.4. The van der Waals surface area contributed by atoms with Crippen LogP contribution in [0, 0.1) is 17.8 Å². The van der Waals surface area contributed by atoms with Crippen molar-refractivity contribution in [3.63, 3.8) is 0 Å². The summed E-state index contributed by atoms with van der Waals surface area (Å²) in [6.45, 7) is 11.7. The molecule has 0 saturated carbocycles. The van der Waals surface area contributed by atoms with Crippen LogP contribution in [0.2, 0.25) is 0 Å². The van der Waals surface area contributed by atoms with Gasteiger partial charge < -0.3 is 33.8 Å². The maximum Gasteiger partial charge on any atom is 0.472 e. The second kappa shape index (κ2) is 58.2. The molecule has 0 fully saturated rings. The molecule has 86 heavy (non-hydrogen) atoms. The Labute approximate surface area is 524 Å². The number of phosphoric ester groups is 2.